The van der Waals surface area contributed by atoms with Gasteiger partial charge in [-0.25, -0.2) is 4.98 Å². The van der Waals surface area contributed by atoms with Gasteiger partial charge in [-0.2, -0.15) is 0 Å². The molecule has 21 heavy (non-hydrogen) atoms. The van der Waals surface area contributed by atoms with E-state index in [1.165, 1.54) is 5.56 Å². The first kappa shape index (κ1) is 12.3. The Morgan fingerprint density at radius 1 is 1.14 bits per heavy atom. The van der Waals surface area contributed by atoms with Gasteiger partial charge >= 0.3 is 0 Å². The quantitative estimate of drug-likeness (QED) is 0.684. The van der Waals surface area contributed by atoms with E-state index in [2.05, 4.69) is 53.6 Å². The van der Waals surface area contributed by atoms with Crippen molar-refractivity contribution in [1.82, 2.24) is 9.38 Å². The zero-order chi connectivity index (χ0) is 14.6. The fourth-order valence-electron chi connectivity index (χ4n) is 2.86. The fourth-order valence-corrected chi connectivity index (χ4v) is 2.86. The third-order valence-corrected chi connectivity index (χ3v) is 4.08. The van der Waals surface area contributed by atoms with Crippen LogP contribution >= 0.6 is 0 Å². The number of imidazole rings is 1. The van der Waals surface area contributed by atoms with E-state index < -0.39 is 0 Å². The Balaban J connectivity index is 1.91. The summed E-state index contributed by atoms with van der Waals surface area (Å²) in [6.07, 6.45) is 2.08. The van der Waals surface area contributed by atoms with Crippen LogP contribution in [-0.4, -0.2) is 23.2 Å². The van der Waals surface area contributed by atoms with E-state index >= 15 is 0 Å². The number of aryl methyl sites for hydroxylation is 2. The van der Waals surface area contributed by atoms with Gasteiger partial charge in [-0.05, 0) is 49.7 Å². The smallest absolute Gasteiger partial charge is 0.161 e. The van der Waals surface area contributed by atoms with Crippen molar-refractivity contribution in [2.24, 2.45) is 0 Å². The molecular weight excluding hydrogens is 262 g/mol. The highest BCUT2D eigenvalue weighted by Crippen LogP contribution is 2.37. The predicted molar refractivity (Wildman–Crippen MR) is 84.0 cm³/mol. The van der Waals surface area contributed by atoms with E-state index in [0.29, 0.717) is 6.73 Å². The number of ether oxygens (including phenoxy) is 1. The number of fused-ring (bicyclic) bond motifs is 2. The number of rotatable bonds is 1. The van der Waals surface area contributed by atoms with Crippen molar-refractivity contribution in [3.05, 3.63) is 47.8 Å². The molecule has 4 rings (SSSR count). The van der Waals surface area contributed by atoms with Gasteiger partial charge in [0.1, 0.15) is 11.4 Å². The molecule has 3 aromatic rings. The minimum absolute atomic E-state index is 0.613. The summed E-state index contributed by atoms with van der Waals surface area (Å²) in [5.74, 6) is 0.943. The number of nitrogens with zero attached hydrogens (tertiary/aromatic N) is 3. The molecule has 4 nitrogen and oxygen atoms in total. The topological polar surface area (TPSA) is 29.8 Å². The lowest BCUT2D eigenvalue weighted by Gasteiger charge is -2.09. The lowest BCUT2D eigenvalue weighted by molar-refractivity contribution is 0.353. The number of pyridine rings is 1. The molecule has 0 N–H and O–H groups in total. The van der Waals surface area contributed by atoms with Gasteiger partial charge < -0.3 is 14.0 Å². The van der Waals surface area contributed by atoms with Crippen molar-refractivity contribution in [3.8, 4) is 17.0 Å². The van der Waals surface area contributed by atoms with E-state index in [0.717, 1.165) is 34.0 Å². The molecule has 0 aliphatic carbocycles. The molecule has 1 aliphatic rings. The molecule has 0 atom stereocenters. The first-order valence-corrected chi connectivity index (χ1v) is 7.07. The molecule has 0 bridgehead atoms. The van der Waals surface area contributed by atoms with Gasteiger partial charge in [-0.15, -0.1) is 0 Å². The Hall–Kier alpha value is -2.49. The molecule has 3 heterocycles. The van der Waals surface area contributed by atoms with Gasteiger partial charge in [-0.1, -0.05) is 0 Å². The molecule has 0 saturated heterocycles. The van der Waals surface area contributed by atoms with Crippen molar-refractivity contribution < 1.29 is 4.74 Å². The lowest BCUT2D eigenvalue weighted by Crippen LogP contribution is -2.14. The Labute approximate surface area is 123 Å². The summed E-state index contributed by atoms with van der Waals surface area (Å²) in [7, 11) is 2.04. The zero-order valence-corrected chi connectivity index (χ0v) is 12.4. The van der Waals surface area contributed by atoms with Crippen LogP contribution in [0.2, 0.25) is 0 Å². The average molecular weight is 279 g/mol. The van der Waals surface area contributed by atoms with Crippen molar-refractivity contribution >= 4 is 11.3 Å². The maximum Gasteiger partial charge on any atom is 0.161 e. The fraction of sp³-hybridized carbons (Fsp3) is 0.235. The van der Waals surface area contributed by atoms with Crippen LogP contribution in [0.15, 0.2) is 36.5 Å². The van der Waals surface area contributed by atoms with E-state index in [-0.39, 0.29) is 0 Å². The number of hydrogen-bond acceptors (Lipinski definition) is 3. The Kier molecular flexibility index (Phi) is 2.48. The Bertz CT molecular complexity index is 851. The van der Waals surface area contributed by atoms with Crippen LogP contribution in [0.3, 0.4) is 0 Å². The molecule has 0 radical (unpaired) electrons. The largest absolute Gasteiger partial charge is 0.471 e. The summed E-state index contributed by atoms with van der Waals surface area (Å²) in [4.78, 5) is 6.90. The molecule has 0 saturated carbocycles. The van der Waals surface area contributed by atoms with Crippen LogP contribution in [0.5, 0.6) is 5.75 Å². The van der Waals surface area contributed by atoms with Crippen molar-refractivity contribution in [2.75, 3.05) is 18.7 Å². The van der Waals surface area contributed by atoms with Gasteiger partial charge in [-0.3, -0.25) is 0 Å². The third-order valence-electron chi connectivity index (χ3n) is 4.08. The van der Waals surface area contributed by atoms with Crippen LogP contribution in [0.4, 0.5) is 5.69 Å². The molecule has 0 unspecified atom stereocenters. The number of benzene rings is 1. The van der Waals surface area contributed by atoms with Gasteiger partial charge in [0.2, 0.25) is 0 Å². The normalized spacial score (nSPS) is 13.6. The van der Waals surface area contributed by atoms with Gasteiger partial charge in [0.05, 0.1) is 11.4 Å². The molecule has 0 fully saturated rings. The minimum Gasteiger partial charge on any atom is -0.471 e. The molecule has 0 amide bonds. The summed E-state index contributed by atoms with van der Waals surface area (Å²) in [6.45, 7) is 4.81. The maximum atomic E-state index is 5.61. The number of hydrogen-bond donors (Lipinski definition) is 0. The second kappa shape index (κ2) is 4.25. The summed E-state index contributed by atoms with van der Waals surface area (Å²) >= 11 is 0. The van der Waals surface area contributed by atoms with Crippen LogP contribution in [0.25, 0.3) is 16.9 Å². The molecule has 1 aliphatic heterocycles. The minimum atomic E-state index is 0.613. The van der Waals surface area contributed by atoms with Crippen LogP contribution in [-0.2, 0) is 0 Å². The number of anilines is 1. The maximum absolute atomic E-state index is 5.61. The summed E-state index contributed by atoms with van der Waals surface area (Å²) < 4.78 is 7.74. The predicted octanol–water partition coefficient (Wildman–Crippen LogP) is 3.40. The molecule has 4 heteroatoms. The van der Waals surface area contributed by atoms with Crippen molar-refractivity contribution in [1.29, 1.82) is 0 Å². The highest BCUT2D eigenvalue weighted by Gasteiger charge is 2.19. The Morgan fingerprint density at radius 3 is 2.86 bits per heavy atom. The monoisotopic (exact) mass is 279 g/mol. The standard InChI is InChI=1S/C17H17N3O/c1-11-6-7-20-12(2)17(18-16(20)8-11)13-4-5-15-14(9-13)19(3)10-21-15/h4-9H,10H2,1-3H3. The van der Waals surface area contributed by atoms with Gasteiger partial charge in [0.15, 0.2) is 6.73 Å². The van der Waals surface area contributed by atoms with Gasteiger partial charge in [0, 0.05) is 24.5 Å². The van der Waals surface area contributed by atoms with Crippen molar-refractivity contribution in [2.45, 2.75) is 13.8 Å². The zero-order valence-electron chi connectivity index (χ0n) is 12.4. The van der Waals surface area contributed by atoms with E-state index in [1.807, 2.05) is 13.1 Å². The van der Waals surface area contributed by atoms with E-state index in [1.54, 1.807) is 0 Å². The molecule has 2 aromatic heterocycles. The number of aromatic nitrogens is 2. The third kappa shape index (κ3) is 1.79. The highest BCUT2D eigenvalue weighted by atomic mass is 16.5. The van der Waals surface area contributed by atoms with Crippen molar-refractivity contribution in [3.63, 3.8) is 0 Å². The lowest BCUT2D eigenvalue weighted by atomic mass is 10.1. The van der Waals surface area contributed by atoms with Crippen LogP contribution < -0.4 is 9.64 Å². The van der Waals surface area contributed by atoms with Crippen LogP contribution in [0.1, 0.15) is 11.3 Å². The Morgan fingerprint density at radius 2 is 2.00 bits per heavy atom. The highest BCUT2D eigenvalue weighted by molar-refractivity contribution is 5.74. The first-order chi connectivity index (χ1) is 10.1. The van der Waals surface area contributed by atoms with Gasteiger partial charge in [0.25, 0.3) is 0 Å². The van der Waals surface area contributed by atoms with Crippen LogP contribution in [0, 0.1) is 13.8 Å². The summed E-state index contributed by atoms with van der Waals surface area (Å²) in [5.41, 5.74) is 6.66. The molecule has 106 valence electrons. The van der Waals surface area contributed by atoms with E-state index in [9.17, 15) is 0 Å². The molecular formula is C17H17N3O. The van der Waals surface area contributed by atoms with E-state index in [4.69, 9.17) is 9.72 Å². The molecule has 0 spiro atoms. The first-order valence-electron chi connectivity index (χ1n) is 7.07. The second-order valence-electron chi connectivity index (χ2n) is 5.63. The SMILES string of the molecule is Cc1ccn2c(C)c(-c3ccc4c(c3)N(C)CO4)nc2c1. The second-order valence-corrected chi connectivity index (χ2v) is 5.63. The summed E-state index contributed by atoms with van der Waals surface area (Å²) in [6, 6.07) is 10.5. The summed E-state index contributed by atoms with van der Waals surface area (Å²) in [5, 5.41) is 0. The molecule has 1 aromatic carbocycles. The average Bonchev–Trinajstić information content (AvgIpc) is 3.00.